The van der Waals surface area contributed by atoms with Crippen LogP contribution < -0.4 is 4.90 Å². The van der Waals surface area contributed by atoms with Crippen molar-refractivity contribution in [3.8, 4) is 0 Å². The zero-order valence-electron chi connectivity index (χ0n) is 11.4. The van der Waals surface area contributed by atoms with Crippen molar-refractivity contribution in [2.75, 3.05) is 18.0 Å². The third-order valence-corrected chi connectivity index (χ3v) is 3.02. The molecule has 0 atom stereocenters. The lowest BCUT2D eigenvalue weighted by atomic mass is 10.1. The first kappa shape index (κ1) is 14.6. The van der Waals surface area contributed by atoms with Crippen LogP contribution >= 0.6 is 0 Å². The Morgan fingerprint density at radius 3 is 2.33 bits per heavy atom. The molecule has 1 aromatic carbocycles. The van der Waals surface area contributed by atoms with Crippen molar-refractivity contribution >= 4 is 11.7 Å². The molecule has 0 radical (unpaired) electrons. The first-order valence-electron chi connectivity index (χ1n) is 6.73. The van der Waals surface area contributed by atoms with Gasteiger partial charge in [0, 0.05) is 25.2 Å². The summed E-state index contributed by atoms with van der Waals surface area (Å²) >= 11 is 0. The lowest BCUT2D eigenvalue weighted by Gasteiger charge is -2.24. The minimum absolute atomic E-state index is 0.243. The number of carboxylic acids is 1. The molecule has 1 rings (SSSR count). The Morgan fingerprint density at radius 2 is 1.83 bits per heavy atom. The average molecular weight is 249 g/mol. The van der Waals surface area contributed by atoms with E-state index in [0.29, 0.717) is 6.42 Å². The summed E-state index contributed by atoms with van der Waals surface area (Å²) in [5, 5.41) is 8.68. The zero-order valence-corrected chi connectivity index (χ0v) is 11.4. The fourth-order valence-corrected chi connectivity index (χ4v) is 2.00. The number of carbonyl (C=O) groups is 1. The number of anilines is 1. The molecule has 3 heteroatoms. The molecule has 0 unspecified atom stereocenters. The van der Waals surface area contributed by atoms with Gasteiger partial charge in [0.2, 0.25) is 0 Å². The second kappa shape index (κ2) is 7.75. The van der Waals surface area contributed by atoms with Gasteiger partial charge in [-0.3, -0.25) is 4.79 Å². The lowest BCUT2D eigenvalue weighted by Crippen LogP contribution is -2.25. The van der Waals surface area contributed by atoms with Gasteiger partial charge >= 0.3 is 5.97 Å². The molecule has 0 fully saturated rings. The number of nitrogens with zero attached hydrogens (tertiary/aromatic N) is 1. The van der Waals surface area contributed by atoms with Gasteiger partial charge in [0.1, 0.15) is 0 Å². The molecule has 0 aliphatic carbocycles. The summed E-state index contributed by atoms with van der Waals surface area (Å²) < 4.78 is 0. The molecule has 0 aliphatic rings. The molecule has 0 saturated carbocycles. The minimum atomic E-state index is -0.715. The molecule has 0 bridgehead atoms. The fourth-order valence-electron chi connectivity index (χ4n) is 2.00. The standard InChI is InChI=1S/C15H23NO2/c1-3-11-16(12-5-6-15(17)18)14-9-7-13(4-2)8-10-14/h7-10H,3-6,11-12H2,1-2H3,(H,17,18). The highest BCUT2D eigenvalue weighted by Gasteiger charge is 2.06. The number of benzene rings is 1. The monoisotopic (exact) mass is 249 g/mol. The molecule has 0 saturated heterocycles. The molecular weight excluding hydrogens is 226 g/mol. The number of rotatable bonds is 8. The molecule has 0 heterocycles. The Hall–Kier alpha value is -1.51. The molecular formula is C15H23NO2. The Bertz CT molecular complexity index is 359. The number of hydrogen-bond acceptors (Lipinski definition) is 2. The van der Waals surface area contributed by atoms with Crippen LogP contribution in [0.2, 0.25) is 0 Å². The number of aryl methyl sites for hydroxylation is 1. The number of hydrogen-bond donors (Lipinski definition) is 1. The van der Waals surface area contributed by atoms with Crippen molar-refractivity contribution in [3.05, 3.63) is 29.8 Å². The first-order chi connectivity index (χ1) is 8.67. The highest BCUT2D eigenvalue weighted by atomic mass is 16.4. The average Bonchev–Trinajstić information content (AvgIpc) is 2.37. The molecule has 0 spiro atoms. The number of carboxylic acid groups (broad SMARTS) is 1. The SMILES string of the molecule is CCCN(CCCC(=O)O)c1ccc(CC)cc1. The van der Waals surface area contributed by atoms with Crippen LogP contribution in [-0.4, -0.2) is 24.2 Å². The summed E-state index contributed by atoms with van der Waals surface area (Å²) in [4.78, 5) is 12.8. The van der Waals surface area contributed by atoms with Crippen molar-refractivity contribution in [2.45, 2.75) is 39.5 Å². The maximum absolute atomic E-state index is 10.5. The smallest absolute Gasteiger partial charge is 0.303 e. The van der Waals surface area contributed by atoms with Crippen LogP contribution in [0.4, 0.5) is 5.69 Å². The summed E-state index contributed by atoms with van der Waals surface area (Å²) in [6.45, 7) is 6.08. The van der Waals surface area contributed by atoms with Gasteiger partial charge in [-0.15, -0.1) is 0 Å². The maximum Gasteiger partial charge on any atom is 0.303 e. The van der Waals surface area contributed by atoms with Crippen molar-refractivity contribution in [2.24, 2.45) is 0 Å². The quantitative estimate of drug-likeness (QED) is 0.768. The molecule has 3 nitrogen and oxygen atoms in total. The normalized spacial score (nSPS) is 10.3. The van der Waals surface area contributed by atoms with E-state index in [4.69, 9.17) is 5.11 Å². The van der Waals surface area contributed by atoms with E-state index in [9.17, 15) is 4.79 Å². The Balaban J connectivity index is 2.61. The number of aliphatic carboxylic acids is 1. The minimum Gasteiger partial charge on any atom is -0.481 e. The summed E-state index contributed by atoms with van der Waals surface area (Å²) in [6.07, 6.45) is 3.06. The van der Waals surface area contributed by atoms with E-state index >= 15 is 0 Å². The predicted molar refractivity (Wildman–Crippen MR) is 75.2 cm³/mol. The van der Waals surface area contributed by atoms with Crippen LogP contribution in [0.1, 0.15) is 38.7 Å². The summed E-state index contributed by atoms with van der Waals surface area (Å²) in [5.41, 5.74) is 2.53. The second-order valence-electron chi connectivity index (χ2n) is 4.50. The third kappa shape index (κ3) is 4.78. The molecule has 18 heavy (non-hydrogen) atoms. The highest BCUT2D eigenvalue weighted by Crippen LogP contribution is 2.16. The Morgan fingerprint density at radius 1 is 1.17 bits per heavy atom. The van der Waals surface area contributed by atoms with Crippen LogP contribution in [0.5, 0.6) is 0 Å². The Kier molecular flexibility index (Phi) is 6.26. The Labute approximate surface area is 109 Å². The van der Waals surface area contributed by atoms with E-state index in [0.717, 1.165) is 25.9 Å². The molecule has 1 N–H and O–H groups in total. The van der Waals surface area contributed by atoms with E-state index in [1.807, 2.05) is 0 Å². The van der Waals surface area contributed by atoms with Gasteiger partial charge in [-0.2, -0.15) is 0 Å². The summed E-state index contributed by atoms with van der Waals surface area (Å²) in [5.74, 6) is -0.715. The lowest BCUT2D eigenvalue weighted by molar-refractivity contribution is -0.137. The molecule has 0 aromatic heterocycles. The van der Waals surface area contributed by atoms with Crippen LogP contribution in [0.15, 0.2) is 24.3 Å². The predicted octanol–water partition coefficient (Wildman–Crippen LogP) is 3.33. The zero-order chi connectivity index (χ0) is 13.4. The van der Waals surface area contributed by atoms with E-state index < -0.39 is 5.97 Å². The summed E-state index contributed by atoms with van der Waals surface area (Å²) in [6, 6.07) is 8.56. The van der Waals surface area contributed by atoms with Crippen LogP contribution in [0.25, 0.3) is 0 Å². The van der Waals surface area contributed by atoms with Crippen LogP contribution in [0, 0.1) is 0 Å². The molecule has 100 valence electrons. The van der Waals surface area contributed by atoms with Gasteiger partial charge in [0.05, 0.1) is 0 Å². The van der Waals surface area contributed by atoms with E-state index in [2.05, 4.69) is 43.0 Å². The van der Waals surface area contributed by atoms with Crippen LogP contribution in [-0.2, 0) is 11.2 Å². The van der Waals surface area contributed by atoms with Gasteiger partial charge in [-0.1, -0.05) is 26.0 Å². The van der Waals surface area contributed by atoms with E-state index in [-0.39, 0.29) is 6.42 Å². The third-order valence-electron chi connectivity index (χ3n) is 3.02. The topological polar surface area (TPSA) is 40.5 Å². The van der Waals surface area contributed by atoms with Gasteiger partial charge in [0.15, 0.2) is 0 Å². The van der Waals surface area contributed by atoms with Crippen molar-refractivity contribution in [1.82, 2.24) is 0 Å². The molecule has 1 aromatic rings. The van der Waals surface area contributed by atoms with Crippen molar-refractivity contribution in [3.63, 3.8) is 0 Å². The first-order valence-corrected chi connectivity index (χ1v) is 6.73. The molecule has 0 amide bonds. The van der Waals surface area contributed by atoms with Gasteiger partial charge in [0.25, 0.3) is 0 Å². The summed E-state index contributed by atoms with van der Waals surface area (Å²) in [7, 11) is 0. The van der Waals surface area contributed by atoms with Gasteiger partial charge in [-0.05, 0) is 37.0 Å². The highest BCUT2D eigenvalue weighted by molar-refractivity contribution is 5.66. The maximum atomic E-state index is 10.5. The van der Waals surface area contributed by atoms with Crippen LogP contribution in [0.3, 0.4) is 0 Å². The van der Waals surface area contributed by atoms with Crippen molar-refractivity contribution in [1.29, 1.82) is 0 Å². The van der Waals surface area contributed by atoms with E-state index in [1.54, 1.807) is 0 Å². The second-order valence-corrected chi connectivity index (χ2v) is 4.50. The van der Waals surface area contributed by atoms with Gasteiger partial charge in [-0.25, -0.2) is 0 Å². The largest absolute Gasteiger partial charge is 0.481 e. The van der Waals surface area contributed by atoms with Crippen molar-refractivity contribution < 1.29 is 9.90 Å². The van der Waals surface area contributed by atoms with Gasteiger partial charge < -0.3 is 10.0 Å². The van der Waals surface area contributed by atoms with E-state index in [1.165, 1.54) is 11.3 Å². The molecule has 0 aliphatic heterocycles. The fraction of sp³-hybridized carbons (Fsp3) is 0.533.